The second kappa shape index (κ2) is 3.39. The lowest BCUT2D eigenvalue weighted by atomic mass is 10.6. The van der Waals surface area contributed by atoms with E-state index in [1.54, 1.807) is 21.0 Å². The zero-order chi connectivity index (χ0) is 10.1. The molecule has 0 aliphatic rings. The van der Waals surface area contributed by atoms with E-state index in [1.807, 2.05) is 0 Å². The van der Waals surface area contributed by atoms with E-state index in [4.69, 9.17) is 4.78 Å². The summed E-state index contributed by atoms with van der Waals surface area (Å²) in [5.41, 5.74) is 0. The number of hydrogen-bond acceptors (Lipinski definition) is 4. The van der Waals surface area contributed by atoms with Crippen LogP contribution in [0.25, 0.3) is 0 Å². The van der Waals surface area contributed by atoms with E-state index in [1.165, 1.54) is 16.7 Å². The number of aromatic nitrogens is 2. The van der Waals surface area contributed by atoms with Gasteiger partial charge in [-0.3, -0.25) is 0 Å². The molecule has 0 fully saturated rings. The van der Waals surface area contributed by atoms with E-state index in [-0.39, 0.29) is 0 Å². The molecule has 0 aromatic carbocycles. The molecule has 0 aliphatic heterocycles. The van der Waals surface area contributed by atoms with E-state index < -0.39 is 9.92 Å². The Morgan fingerprint density at radius 2 is 1.85 bits per heavy atom. The topological polar surface area (TPSA) is 69.9 Å². The van der Waals surface area contributed by atoms with Gasteiger partial charge in [0.1, 0.15) is 15.7 Å². The maximum Gasteiger partial charge on any atom is 0.139 e. The molecule has 1 aromatic heterocycles. The van der Waals surface area contributed by atoms with Gasteiger partial charge in [-0.15, -0.1) is 0 Å². The Bertz CT molecular complexity index is 381. The highest BCUT2D eigenvalue weighted by atomic mass is 32.2. The van der Waals surface area contributed by atoms with Crippen molar-refractivity contribution < 1.29 is 4.21 Å². The highest BCUT2D eigenvalue weighted by Crippen LogP contribution is 2.10. The molecule has 0 aliphatic carbocycles. The quantitative estimate of drug-likeness (QED) is 0.762. The Kier molecular flexibility index (Phi) is 2.63. The zero-order valence-electron chi connectivity index (χ0n) is 7.81. The monoisotopic (exact) mass is 200 g/mol. The van der Waals surface area contributed by atoms with Crippen molar-refractivity contribution in [1.82, 2.24) is 14.3 Å². The third kappa shape index (κ3) is 2.02. The molecule has 0 bridgehead atoms. The van der Waals surface area contributed by atoms with Gasteiger partial charge in [-0.1, -0.05) is 0 Å². The van der Waals surface area contributed by atoms with Crippen LogP contribution in [0, 0.1) is 11.7 Å². The van der Waals surface area contributed by atoms with Gasteiger partial charge in [0, 0.05) is 26.5 Å². The molecule has 13 heavy (non-hydrogen) atoms. The van der Waals surface area contributed by atoms with E-state index in [0.29, 0.717) is 10.7 Å². The van der Waals surface area contributed by atoms with Gasteiger partial charge in [-0.05, 0) is 6.92 Å². The fraction of sp³-hybridized carbons (Fsp3) is 0.429. The van der Waals surface area contributed by atoms with Crippen LogP contribution >= 0.6 is 0 Å². The molecule has 1 N–H and O–H groups in total. The molecule has 1 aromatic rings. The van der Waals surface area contributed by atoms with Gasteiger partial charge in [0.2, 0.25) is 0 Å². The lowest BCUT2D eigenvalue weighted by Gasteiger charge is -2.13. The van der Waals surface area contributed by atoms with Crippen molar-refractivity contribution in [2.45, 2.75) is 11.8 Å². The average Bonchev–Trinajstić information content (AvgIpc) is 2.04. The van der Waals surface area contributed by atoms with Crippen LogP contribution in [0.2, 0.25) is 0 Å². The molecule has 0 saturated heterocycles. The van der Waals surface area contributed by atoms with Crippen LogP contribution in [0.5, 0.6) is 0 Å². The van der Waals surface area contributed by atoms with Crippen LogP contribution in [0.1, 0.15) is 5.82 Å². The van der Waals surface area contributed by atoms with Crippen LogP contribution in [-0.4, -0.2) is 32.6 Å². The minimum Gasteiger partial charge on any atom is -0.240 e. The minimum absolute atomic E-state index is 0.336. The van der Waals surface area contributed by atoms with Crippen LogP contribution in [-0.2, 0) is 9.92 Å². The number of hydrogen-bond donors (Lipinski definition) is 1. The predicted molar refractivity (Wildman–Crippen MR) is 49.6 cm³/mol. The molecule has 5 nitrogen and oxygen atoms in total. The first kappa shape index (κ1) is 10.1. The Balaban J connectivity index is 3.17. The van der Waals surface area contributed by atoms with E-state index >= 15 is 0 Å². The van der Waals surface area contributed by atoms with Crippen molar-refractivity contribution in [3.05, 3.63) is 18.2 Å². The van der Waals surface area contributed by atoms with Crippen LogP contribution in [0.15, 0.2) is 17.3 Å². The predicted octanol–water partition coefficient (Wildman–Crippen LogP) is 0.667. The standard InChI is InChI=1S/C7H12N4OS/c1-6-9-4-7(5-10-6)13(8,12)11(2)3/h4-5,8H,1-3H3. The molecule has 0 radical (unpaired) electrons. The fourth-order valence-corrected chi connectivity index (χ4v) is 1.55. The number of rotatable bonds is 2. The smallest absolute Gasteiger partial charge is 0.139 e. The molecule has 1 unspecified atom stereocenters. The molecule has 0 saturated carbocycles. The summed E-state index contributed by atoms with van der Waals surface area (Å²) in [5, 5.41) is 0. The first-order chi connectivity index (χ1) is 5.94. The van der Waals surface area contributed by atoms with Crippen LogP contribution in [0.4, 0.5) is 0 Å². The van der Waals surface area contributed by atoms with Crippen molar-refractivity contribution in [2.24, 2.45) is 0 Å². The number of nitrogens with zero attached hydrogens (tertiary/aromatic N) is 3. The summed E-state index contributed by atoms with van der Waals surface area (Å²) in [6.45, 7) is 1.74. The van der Waals surface area contributed by atoms with Crippen molar-refractivity contribution in [3.63, 3.8) is 0 Å². The Hall–Kier alpha value is -1.01. The van der Waals surface area contributed by atoms with Gasteiger partial charge in [-0.2, -0.15) is 0 Å². The SMILES string of the molecule is Cc1ncc(S(=N)(=O)N(C)C)cn1. The largest absolute Gasteiger partial charge is 0.240 e. The molecule has 1 heterocycles. The van der Waals surface area contributed by atoms with Gasteiger partial charge in [0.25, 0.3) is 0 Å². The minimum atomic E-state index is -2.89. The van der Waals surface area contributed by atoms with E-state index in [0.717, 1.165) is 0 Å². The first-order valence-corrected chi connectivity index (χ1v) is 5.21. The second-order valence-electron chi connectivity index (χ2n) is 2.80. The van der Waals surface area contributed by atoms with Gasteiger partial charge in [0.15, 0.2) is 0 Å². The summed E-state index contributed by atoms with van der Waals surface area (Å²) in [4.78, 5) is 8.12. The van der Waals surface area contributed by atoms with Crippen LogP contribution in [0.3, 0.4) is 0 Å². The van der Waals surface area contributed by atoms with Crippen molar-refractivity contribution in [2.75, 3.05) is 14.1 Å². The molecule has 0 amide bonds. The van der Waals surface area contributed by atoms with E-state index in [9.17, 15) is 4.21 Å². The lowest BCUT2D eigenvalue weighted by molar-refractivity contribution is 0.588. The van der Waals surface area contributed by atoms with Gasteiger partial charge < -0.3 is 0 Å². The first-order valence-electron chi connectivity index (χ1n) is 3.69. The van der Waals surface area contributed by atoms with Gasteiger partial charge in [-0.25, -0.2) is 23.3 Å². The molecule has 72 valence electrons. The molecule has 0 spiro atoms. The molecular weight excluding hydrogens is 188 g/mol. The summed E-state index contributed by atoms with van der Waals surface area (Å²) in [6, 6.07) is 0. The molecule has 6 heteroatoms. The van der Waals surface area contributed by atoms with Crippen molar-refractivity contribution in [3.8, 4) is 0 Å². The summed E-state index contributed by atoms with van der Waals surface area (Å²) >= 11 is 0. The number of aryl methyl sites for hydroxylation is 1. The Morgan fingerprint density at radius 1 is 1.38 bits per heavy atom. The highest BCUT2D eigenvalue weighted by molar-refractivity contribution is 7.90. The highest BCUT2D eigenvalue weighted by Gasteiger charge is 2.12. The summed E-state index contributed by atoms with van der Waals surface area (Å²) in [6.07, 6.45) is 2.86. The molecule has 1 atom stereocenters. The Morgan fingerprint density at radius 3 is 2.23 bits per heavy atom. The molecule has 1 rings (SSSR count). The number of nitrogens with one attached hydrogen (secondary N) is 1. The summed E-state index contributed by atoms with van der Waals surface area (Å²) in [5.74, 6) is 0.609. The zero-order valence-corrected chi connectivity index (χ0v) is 8.63. The Labute approximate surface area is 77.9 Å². The third-order valence-electron chi connectivity index (χ3n) is 1.59. The second-order valence-corrected chi connectivity index (χ2v) is 5.06. The van der Waals surface area contributed by atoms with Crippen molar-refractivity contribution in [1.29, 1.82) is 4.78 Å². The maximum absolute atomic E-state index is 11.7. The van der Waals surface area contributed by atoms with Crippen molar-refractivity contribution >= 4 is 9.92 Å². The van der Waals surface area contributed by atoms with Crippen LogP contribution < -0.4 is 0 Å². The van der Waals surface area contributed by atoms with Gasteiger partial charge >= 0.3 is 0 Å². The summed E-state index contributed by atoms with van der Waals surface area (Å²) in [7, 11) is 0.300. The average molecular weight is 200 g/mol. The van der Waals surface area contributed by atoms with E-state index in [2.05, 4.69) is 9.97 Å². The van der Waals surface area contributed by atoms with Gasteiger partial charge in [0.05, 0.1) is 4.90 Å². The normalized spacial score (nSPS) is 15.7. The molecular formula is C7H12N4OS. The maximum atomic E-state index is 11.7. The lowest BCUT2D eigenvalue weighted by Crippen LogP contribution is -2.21. The third-order valence-corrected chi connectivity index (χ3v) is 3.47. The summed E-state index contributed by atoms with van der Waals surface area (Å²) < 4.78 is 20.6. The fourth-order valence-electron chi connectivity index (χ4n) is 0.734.